The minimum absolute atomic E-state index is 0.0475. The molecule has 0 atom stereocenters. The van der Waals surface area contributed by atoms with Crippen LogP contribution in [0.3, 0.4) is 0 Å². The molecule has 0 saturated heterocycles. The van der Waals surface area contributed by atoms with Crippen LogP contribution in [0.2, 0.25) is 0 Å². The van der Waals surface area contributed by atoms with Crippen LogP contribution in [0.5, 0.6) is 5.75 Å². The lowest BCUT2D eigenvalue weighted by Crippen LogP contribution is -2.13. The Hall–Kier alpha value is -3.29. The second kappa shape index (κ2) is 5.48. The Morgan fingerprint density at radius 3 is 2.78 bits per heavy atom. The highest BCUT2D eigenvalue weighted by molar-refractivity contribution is 6.09. The number of fused-ring (bicyclic) bond motifs is 1. The Morgan fingerprint density at radius 1 is 1.35 bits per heavy atom. The van der Waals surface area contributed by atoms with Gasteiger partial charge < -0.3 is 20.1 Å². The fraction of sp³-hybridized carbons (Fsp3) is 0.133. The number of nitrogens with zero attached hydrogens (tertiary/aromatic N) is 1. The predicted molar refractivity (Wildman–Crippen MR) is 82.6 cm³/mol. The quantitative estimate of drug-likeness (QED) is 0.551. The molecule has 0 aliphatic carbocycles. The van der Waals surface area contributed by atoms with E-state index in [1.165, 1.54) is 13.2 Å². The largest absolute Gasteiger partial charge is 0.504 e. The van der Waals surface area contributed by atoms with Crippen LogP contribution in [0.25, 0.3) is 10.9 Å². The van der Waals surface area contributed by atoms with Crippen molar-refractivity contribution in [3.63, 3.8) is 0 Å². The Morgan fingerprint density at radius 2 is 2.13 bits per heavy atom. The van der Waals surface area contributed by atoms with E-state index < -0.39 is 11.9 Å². The second-order valence-electron chi connectivity index (χ2n) is 4.94. The van der Waals surface area contributed by atoms with Crippen LogP contribution in [0.15, 0.2) is 24.4 Å². The molecule has 0 aliphatic rings. The Bertz CT molecular complexity index is 909. The number of hydrogen-bond donors (Lipinski definition) is 4. The molecule has 0 unspecified atom stereocenters. The van der Waals surface area contributed by atoms with Crippen molar-refractivity contribution in [3.8, 4) is 5.75 Å². The third kappa shape index (κ3) is 2.50. The normalized spacial score (nSPS) is 10.7. The van der Waals surface area contributed by atoms with Gasteiger partial charge in [-0.1, -0.05) is 0 Å². The number of aromatic amines is 2. The third-order valence-electron chi connectivity index (χ3n) is 3.47. The van der Waals surface area contributed by atoms with Gasteiger partial charge in [0.05, 0.1) is 12.7 Å². The van der Waals surface area contributed by atoms with Crippen molar-refractivity contribution < 1.29 is 19.4 Å². The number of hydrogen-bond acceptors (Lipinski definition) is 5. The lowest BCUT2D eigenvalue weighted by Gasteiger charge is -2.08. The first-order valence-corrected chi connectivity index (χ1v) is 6.76. The van der Waals surface area contributed by atoms with E-state index in [9.17, 15) is 14.7 Å². The fourth-order valence-corrected chi connectivity index (χ4v) is 2.30. The maximum Gasteiger partial charge on any atom is 0.338 e. The van der Waals surface area contributed by atoms with Gasteiger partial charge >= 0.3 is 5.97 Å². The van der Waals surface area contributed by atoms with Gasteiger partial charge in [-0.3, -0.25) is 9.89 Å². The van der Waals surface area contributed by atoms with Crippen LogP contribution in [0.1, 0.15) is 26.5 Å². The molecular formula is C15H14N4O4. The van der Waals surface area contributed by atoms with Crippen LogP contribution >= 0.6 is 0 Å². The van der Waals surface area contributed by atoms with E-state index in [1.807, 2.05) is 0 Å². The van der Waals surface area contributed by atoms with Crippen molar-refractivity contribution in [3.05, 3.63) is 41.3 Å². The van der Waals surface area contributed by atoms with E-state index in [-0.39, 0.29) is 11.4 Å². The molecule has 0 saturated carbocycles. The molecule has 0 bridgehead atoms. The van der Waals surface area contributed by atoms with Crippen LogP contribution in [0.4, 0.5) is 5.69 Å². The Kier molecular flexibility index (Phi) is 3.49. The monoisotopic (exact) mass is 314 g/mol. The fourth-order valence-electron chi connectivity index (χ4n) is 2.30. The lowest BCUT2D eigenvalue weighted by atomic mass is 10.1. The summed E-state index contributed by atoms with van der Waals surface area (Å²) in [5.41, 5.74) is 1.66. The number of amides is 1. The molecule has 1 amide bonds. The maximum absolute atomic E-state index is 12.2. The van der Waals surface area contributed by atoms with E-state index in [1.54, 1.807) is 25.3 Å². The number of anilines is 1. The molecule has 0 fully saturated rings. The predicted octanol–water partition coefficient (Wildman–Crippen LogP) is 1.94. The van der Waals surface area contributed by atoms with Gasteiger partial charge in [0.25, 0.3) is 5.91 Å². The van der Waals surface area contributed by atoms with Crippen molar-refractivity contribution in [2.75, 3.05) is 12.4 Å². The zero-order valence-electron chi connectivity index (χ0n) is 12.4. The van der Waals surface area contributed by atoms with Crippen LogP contribution < -0.4 is 5.32 Å². The number of ether oxygens (including phenoxy) is 1. The number of esters is 1. The Balaban J connectivity index is 1.98. The van der Waals surface area contributed by atoms with Crippen molar-refractivity contribution >= 4 is 28.5 Å². The number of carbonyl (C=O) groups excluding carboxylic acids is 2. The molecule has 2 heterocycles. The van der Waals surface area contributed by atoms with E-state index >= 15 is 0 Å². The number of aryl methyl sites for hydroxylation is 1. The number of aromatic nitrogens is 3. The number of aromatic hydroxyl groups is 1. The number of H-pyrrole nitrogens is 2. The molecular weight excluding hydrogens is 300 g/mol. The smallest absolute Gasteiger partial charge is 0.338 e. The van der Waals surface area contributed by atoms with Crippen LogP contribution in [0, 0.1) is 6.92 Å². The summed E-state index contributed by atoms with van der Waals surface area (Å²) >= 11 is 0. The summed E-state index contributed by atoms with van der Waals surface area (Å²) in [7, 11) is 1.29. The number of nitrogens with one attached hydrogen (secondary N) is 3. The van der Waals surface area contributed by atoms with Gasteiger partial charge in [0.15, 0.2) is 11.4 Å². The molecule has 23 heavy (non-hydrogen) atoms. The van der Waals surface area contributed by atoms with Crippen molar-refractivity contribution in [2.45, 2.75) is 6.92 Å². The molecule has 3 aromatic rings. The molecule has 8 heteroatoms. The van der Waals surface area contributed by atoms with Crippen molar-refractivity contribution in [1.82, 2.24) is 15.2 Å². The molecule has 118 valence electrons. The number of rotatable bonds is 3. The summed E-state index contributed by atoms with van der Waals surface area (Å²) in [4.78, 5) is 27.1. The van der Waals surface area contributed by atoms with Gasteiger partial charge in [-0.05, 0) is 25.1 Å². The van der Waals surface area contributed by atoms with E-state index in [0.29, 0.717) is 27.8 Å². The highest BCUT2D eigenvalue weighted by Crippen LogP contribution is 2.25. The molecule has 3 rings (SSSR count). The summed E-state index contributed by atoms with van der Waals surface area (Å²) in [6, 6.07) is 4.94. The van der Waals surface area contributed by atoms with Gasteiger partial charge in [0.1, 0.15) is 5.69 Å². The van der Waals surface area contributed by atoms with Gasteiger partial charge in [-0.15, -0.1) is 0 Å². The third-order valence-corrected chi connectivity index (χ3v) is 3.47. The highest BCUT2D eigenvalue weighted by atomic mass is 16.5. The van der Waals surface area contributed by atoms with Crippen molar-refractivity contribution in [2.24, 2.45) is 0 Å². The number of methoxy groups -OCH3 is 1. The molecule has 0 aliphatic heterocycles. The summed E-state index contributed by atoms with van der Waals surface area (Å²) < 4.78 is 4.76. The first-order valence-electron chi connectivity index (χ1n) is 6.76. The van der Waals surface area contributed by atoms with Crippen molar-refractivity contribution in [1.29, 1.82) is 0 Å². The zero-order valence-corrected chi connectivity index (χ0v) is 12.4. The van der Waals surface area contributed by atoms with Gasteiger partial charge in [-0.25, -0.2) is 4.79 Å². The number of carbonyl (C=O) groups is 2. The SMILES string of the molecule is COC(=O)c1cc(NC(=O)c2[nH]nc(C)c2O)cc2[nH]ccc12. The average molecular weight is 314 g/mol. The maximum atomic E-state index is 12.2. The van der Waals surface area contributed by atoms with Crippen LogP contribution in [-0.2, 0) is 4.74 Å². The second-order valence-corrected chi connectivity index (χ2v) is 4.94. The average Bonchev–Trinajstić information content (AvgIpc) is 3.13. The van der Waals surface area contributed by atoms with E-state index in [2.05, 4.69) is 20.5 Å². The van der Waals surface area contributed by atoms with E-state index in [4.69, 9.17) is 4.74 Å². The standard InChI is InChI=1S/C15H14N4O4/c1-7-13(20)12(19-18-7)14(21)17-8-5-10(15(22)23-2)9-3-4-16-11(9)6-8/h3-6,16,20H,1-2H3,(H,17,21)(H,18,19). The number of benzene rings is 1. The molecule has 8 nitrogen and oxygen atoms in total. The minimum Gasteiger partial charge on any atom is -0.504 e. The zero-order chi connectivity index (χ0) is 16.6. The lowest BCUT2D eigenvalue weighted by molar-refractivity contribution is 0.0603. The summed E-state index contributed by atoms with van der Waals surface area (Å²) in [6.07, 6.45) is 1.69. The summed E-state index contributed by atoms with van der Waals surface area (Å²) in [5.74, 6) is -1.28. The van der Waals surface area contributed by atoms with Gasteiger partial charge in [0.2, 0.25) is 0 Å². The summed E-state index contributed by atoms with van der Waals surface area (Å²) in [6.45, 7) is 1.57. The first-order chi connectivity index (χ1) is 11.0. The Labute approximate surface area is 130 Å². The minimum atomic E-state index is -0.565. The summed E-state index contributed by atoms with van der Waals surface area (Å²) in [5, 5.41) is 19.3. The highest BCUT2D eigenvalue weighted by Gasteiger charge is 2.18. The topological polar surface area (TPSA) is 120 Å². The first kappa shape index (κ1) is 14.6. The molecule has 2 aromatic heterocycles. The van der Waals surface area contributed by atoms with Gasteiger partial charge in [-0.2, -0.15) is 5.10 Å². The van der Waals surface area contributed by atoms with Gasteiger partial charge in [0, 0.05) is 22.8 Å². The molecule has 1 aromatic carbocycles. The molecule has 4 N–H and O–H groups in total. The van der Waals surface area contributed by atoms with Crippen LogP contribution in [-0.4, -0.2) is 39.3 Å². The van der Waals surface area contributed by atoms with E-state index in [0.717, 1.165) is 0 Å². The molecule has 0 radical (unpaired) electrons. The molecule has 0 spiro atoms.